The van der Waals surface area contributed by atoms with Crippen LogP contribution in [0.3, 0.4) is 0 Å². The quantitative estimate of drug-likeness (QED) is 0.147. The maximum absolute atomic E-state index is 14.3. The van der Waals surface area contributed by atoms with Crippen molar-refractivity contribution < 1.29 is 13.6 Å². The lowest BCUT2D eigenvalue weighted by atomic mass is 9.90. The Morgan fingerprint density at radius 2 is 1.44 bits per heavy atom. The SMILES string of the molecule is CC(=O)Cc1nc2ccc(N3CCN(C)CC3)cc2[nH]1.CN1CCN(c2ccc3nc(-c4c(N)c5c(F)cccc5[nH]c4=O)[nH]c3c2)CC1.[C-]#[N+]C1C(N)CCCC1F. The molecule has 7 N–H and O–H groups in total. The first-order valence-corrected chi connectivity index (χ1v) is 20.1. The first kappa shape index (κ1) is 41.3. The zero-order chi connectivity index (χ0) is 41.8. The lowest BCUT2D eigenvalue weighted by Gasteiger charge is -2.34. The Morgan fingerprint density at radius 1 is 0.847 bits per heavy atom. The number of ketones is 1. The van der Waals surface area contributed by atoms with Gasteiger partial charge in [0, 0.05) is 63.7 Å². The molecule has 2 saturated heterocycles. The van der Waals surface area contributed by atoms with Crippen molar-refractivity contribution in [3.05, 3.63) is 88.0 Å². The number of alkyl halides is 1. The zero-order valence-electron chi connectivity index (χ0n) is 33.8. The molecule has 3 atom stereocenters. The second kappa shape index (κ2) is 17.9. The second-order valence-electron chi connectivity index (χ2n) is 15.8. The van der Waals surface area contributed by atoms with E-state index in [9.17, 15) is 18.4 Å². The molecular weight excluding hydrogens is 755 g/mol. The molecule has 6 aromatic rings. The van der Waals surface area contributed by atoms with Crippen molar-refractivity contribution in [2.24, 2.45) is 5.73 Å². The zero-order valence-corrected chi connectivity index (χ0v) is 33.8. The largest absolute Gasteiger partial charge is 0.397 e. The van der Waals surface area contributed by atoms with Crippen LogP contribution in [0, 0.1) is 12.4 Å². The minimum absolute atomic E-state index is 0.0835. The van der Waals surface area contributed by atoms with Crippen molar-refractivity contribution in [1.29, 1.82) is 0 Å². The lowest BCUT2D eigenvalue weighted by molar-refractivity contribution is -0.116. The topological polar surface area (TPSA) is 177 Å². The van der Waals surface area contributed by atoms with Gasteiger partial charge in [-0.1, -0.05) is 6.07 Å². The van der Waals surface area contributed by atoms with Crippen LogP contribution in [-0.4, -0.2) is 125 Å². The highest BCUT2D eigenvalue weighted by molar-refractivity contribution is 5.98. The molecule has 3 fully saturated rings. The summed E-state index contributed by atoms with van der Waals surface area (Å²) in [5.41, 5.74) is 17.7. The van der Waals surface area contributed by atoms with E-state index >= 15 is 0 Å². The van der Waals surface area contributed by atoms with Gasteiger partial charge in [0.2, 0.25) is 0 Å². The Morgan fingerprint density at radius 3 is 2.00 bits per heavy atom. The van der Waals surface area contributed by atoms with Crippen molar-refractivity contribution >= 4 is 55.8 Å². The van der Waals surface area contributed by atoms with Gasteiger partial charge >= 0.3 is 0 Å². The van der Waals surface area contributed by atoms with Crippen LogP contribution in [0.4, 0.5) is 25.8 Å². The van der Waals surface area contributed by atoms with Crippen LogP contribution in [0.25, 0.3) is 49.2 Å². The van der Waals surface area contributed by atoms with Crippen molar-refractivity contribution in [3.8, 4) is 11.4 Å². The fourth-order valence-electron chi connectivity index (χ4n) is 7.91. The van der Waals surface area contributed by atoms with E-state index in [0.29, 0.717) is 24.2 Å². The number of pyridine rings is 1. The number of nitrogens with two attached hydrogens (primary N) is 2. The monoisotopic (exact) mass is 806 g/mol. The highest BCUT2D eigenvalue weighted by atomic mass is 19.1. The highest BCUT2D eigenvalue weighted by Gasteiger charge is 2.36. The first-order valence-electron chi connectivity index (χ1n) is 20.1. The molecular formula is C43H52F2N12O2. The summed E-state index contributed by atoms with van der Waals surface area (Å²) in [4.78, 5) is 54.5. The van der Waals surface area contributed by atoms with Gasteiger partial charge in [0.05, 0.1) is 51.1 Å². The first-order chi connectivity index (χ1) is 28.4. The number of carbonyl (C=O) groups excluding carboxylic acids is 1. The number of piperazine rings is 2. The van der Waals surface area contributed by atoms with E-state index in [1.54, 1.807) is 13.0 Å². The molecule has 0 amide bonds. The van der Waals surface area contributed by atoms with Crippen molar-refractivity contribution in [2.45, 2.75) is 50.9 Å². The Bertz CT molecular complexity index is 2520. The fraction of sp³-hybridized carbons (Fsp3) is 0.419. The number of nitrogen functional groups attached to an aromatic ring is 1. The number of anilines is 3. The number of aromatic amines is 3. The molecule has 59 heavy (non-hydrogen) atoms. The van der Waals surface area contributed by atoms with Gasteiger partial charge in [0.25, 0.3) is 11.6 Å². The third-order valence-electron chi connectivity index (χ3n) is 11.4. The number of nitrogens with one attached hydrogen (secondary N) is 3. The van der Waals surface area contributed by atoms with Gasteiger partial charge in [0.1, 0.15) is 28.8 Å². The molecule has 3 aliphatic rings. The average Bonchev–Trinajstić information content (AvgIpc) is 3.81. The molecule has 310 valence electrons. The van der Waals surface area contributed by atoms with Gasteiger partial charge in [-0.2, -0.15) is 0 Å². The normalized spacial score (nSPS) is 20.2. The maximum atomic E-state index is 14.3. The number of benzene rings is 3. The molecule has 5 heterocycles. The van der Waals surface area contributed by atoms with Crippen LogP contribution in [0.5, 0.6) is 0 Å². The third kappa shape index (κ3) is 9.38. The molecule has 9 rings (SSSR count). The highest BCUT2D eigenvalue weighted by Crippen LogP contribution is 2.31. The van der Waals surface area contributed by atoms with Gasteiger partial charge in [-0.05, 0) is 88.8 Å². The van der Waals surface area contributed by atoms with Gasteiger partial charge < -0.3 is 50.9 Å². The number of Topliss-reactive ketones (excluding diaryl/α,β-unsaturated/α-hetero) is 1. The summed E-state index contributed by atoms with van der Waals surface area (Å²) in [5.74, 6) is 0.733. The van der Waals surface area contributed by atoms with Crippen molar-refractivity contribution in [3.63, 3.8) is 0 Å². The summed E-state index contributed by atoms with van der Waals surface area (Å²) in [6.45, 7) is 16.5. The summed E-state index contributed by atoms with van der Waals surface area (Å²) < 4.78 is 27.1. The summed E-state index contributed by atoms with van der Waals surface area (Å²) in [6, 6.07) is 15.9. The number of hydrogen-bond acceptors (Lipinski definition) is 10. The second-order valence-corrected chi connectivity index (χ2v) is 15.8. The number of rotatable bonds is 5. The number of fused-ring (bicyclic) bond motifs is 3. The molecule has 14 nitrogen and oxygen atoms in total. The van der Waals surface area contributed by atoms with Crippen LogP contribution >= 0.6 is 0 Å². The molecule has 3 aromatic heterocycles. The van der Waals surface area contributed by atoms with E-state index in [0.717, 1.165) is 98.8 Å². The molecule has 0 bridgehead atoms. The van der Waals surface area contributed by atoms with Gasteiger partial charge in [-0.3, -0.25) is 9.59 Å². The number of aromatic nitrogens is 5. The summed E-state index contributed by atoms with van der Waals surface area (Å²) in [6.07, 6.45) is 1.53. The number of likely N-dealkylation sites (N-methyl/N-ethyl adjacent to an activating group) is 2. The number of hydrogen-bond donors (Lipinski definition) is 5. The van der Waals surface area contributed by atoms with Gasteiger partial charge in [-0.15, -0.1) is 0 Å². The van der Waals surface area contributed by atoms with E-state index in [1.807, 2.05) is 24.3 Å². The molecule has 0 radical (unpaired) electrons. The van der Waals surface area contributed by atoms with E-state index in [1.165, 1.54) is 17.8 Å². The van der Waals surface area contributed by atoms with Crippen LogP contribution in [0.1, 0.15) is 32.0 Å². The Labute approximate surface area is 341 Å². The predicted molar refractivity (Wildman–Crippen MR) is 231 cm³/mol. The van der Waals surface area contributed by atoms with Gasteiger partial charge in [-0.25, -0.2) is 25.3 Å². The Kier molecular flexibility index (Phi) is 12.5. The van der Waals surface area contributed by atoms with Crippen LogP contribution in [-0.2, 0) is 11.2 Å². The van der Waals surface area contributed by atoms with Crippen LogP contribution < -0.4 is 26.8 Å². The minimum atomic E-state index is -0.985. The molecule has 0 spiro atoms. The van der Waals surface area contributed by atoms with Crippen molar-refractivity contribution in [2.75, 3.05) is 82.0 Å². The Hall–Kier alpha value is -5.89. The van der Waals surface area contributed by atoms with Gasteiger partial charge in [0.15, 0.2) is 6.17 Å². The molecule has 3 aromatic carbocycles. The number of imidazole rings is 2. The fourth-order valence-corrected chi connectivity index (χ4v) is 7.91. The predicted octanol–water partition coefficient (Wildman–Crippen LogP) is 5.11. The van der Waals surface area contributed by atoms with Crippen LogP contribution in [0.2, 0.25) is 0 Å². The van der Waals surface area contributed by atoms with E-state index in [4.69, 9.17) is 18.0 Å². The number of nitrogens with zero attached hydrogens (tertiary/aromatic N) is 7. The molecule has 1 saturated carbocycles. The molecule has 1 aliphatic carbocycles. The minimum Gasteiger partial charge on any atom is -0.397 e. The molecule has 3 unspecified atom stereocenters. The average molecular weight is 807 g/mol. The lowest BCUT2D eigenvalue weighted by Crippen LogP contribution is -2.44. The Balaban J connectivity index is 0.000000152. The molecule has 2 aliphatic heterocycles. The third-order valence-corrected chi connectivity index (χ3v) is 11.4. The number of H-pyrrole nitrogens is 3. The van der Waals surface area contributed by atoms with Crippen molar-refractivity contribution in [1.82, 2.24) is 34.7 Å². The van der Waals surface area contributed by atoms with E-state index in [-0.39, 0.29) is 28.5 Å². The van der Waals surface area contributed by atoms with Crippen LogP contribution in [0.15, 0.2) is 59.4 Å². The number of carbonyl (C=O) groups is 1. The molecule has 16 heteroatoms. The summed E-state index contributed by atoms with van der Waals surface area (Å²) >= 11 is 0. The summed E-state index contributed by atoms with van der Waals surface area (Å²) in [7, 11) is 4.28. The standard InChI is InChI=1S/C21H21FN6O.C15H20N4O.C7H11FN2/c1-27-7-9-28(10-8-27)12-5-6-14-16(11-12)25-20(24-14)18-19(23)17-13(22)3-2-4-15(17)26-21(18)29;1-11(20)9-15-16-13-4-3-12(10-14(13)17-15)19-7-5-18(2)6-8-19;1-10-7-5(8)3-2-4-6(7)9/h2-6,11H,7-10H2,1H3,(H,24,25)(H3,23,26,29);3-4,10H,5-9H2,1-2H3,(H,16,17);5-7H,2-4,9H2. The van der Waals surface area contributed by atoms with E-state index in [2.05, 4.69) is 75.6 Å². The van der Waals surface area contributed by atoms with E-state index < -0.39 is 23.6 Å². The summed E-state index contributed by atoms with van der Waals surface area (Å²) in [5, 5.41) is 0.195. The smallest absolute Gasteiger partial charge is 0.269 e. The number of halogens is 2. The maximum Gasteiger partial charge on any atom is 0.269 e.